The topological polar surface area (TPSA) is 43.4 Å². The molecule has 2 aromatic rings. The molecule has 0 aliphatic heterocycles. The first-order chi connectivity index (χ1) is 9.31. The lowest BCUT2D eigenvalue weighted by atomic mass is 10.3. The van der Waals surface area contributed by atoms with Crippen molar-refractivity contribution >= 4 is 5.82 Å². The van der Waals surface area contributed by atoms with Crippen LogP contribution in [0.3, 0.4) is 0 Å². The van der Waals surface area contributed by atoms with Gasteiger partial charge in [-0.1, -0.05) is 6.07 Å². The van der Waals surface area contributed by atoms with Crippen molar-refractivity contribution in [1.82, 2.24) is 4.98 Å². The number of aromatic nitrogens is 1. The van der Waals surface area contributed by atoms with Crippen LogP contribution >= 0.6 is 0 Å². The average Bonchev–Trinajstić information content (AvgIpc) is 2.47. The standard InChI is InChI=1S/C15H18N2O2/c1-3-18-13-7-9-14(10-8-13)19-11-12-5-4-6-15(16-2)17-12/h4-10H,3,11H2,1-2H3,(H,16,17). The molecule has 0 amide bonds. The van der Waals surface area contributed by atoms with Crippen molar-refractivity contribution in [2.24, 2.45) is 0 Å². The van der Waals surface area contributed by atoms with Crippen molar-refractivity contribution in [2.75, 3.05) is 19.0 Å². The van der Waals surface area contributed by atoms with E-state index in [2.05, 4.69) is 10.3 Å². The molecule has 4 heteroatoms. The lowest BCUT2D eigenvalue weighted by Crippen LogP contribution is -2.00. The number of nitrogens with zero attached hydrogens (tertiary/aromatic N) is 1. The quantitative estimate of drug-likeness (QED) is 0.864. The lowest BCUT2D eigenvalue weighted by molar-refractivity contribution is 0.299. The summed E-state index contributed by atoms with van der Waals surface area (Å²) >= 11 is 0. The van der Waals surface area contributed by atoms with Crippen LogP contribution in [0, 0.1) is 0 Å². The number of pyridine rings is 1. The maximum absolute atomic E-state index is 5.68. The van der Waals surface area contributed by atoms with Gasteiger partial charge < -0.3 is 14.8 Å². The molecule has 1 aromatic heterocycles. The Bertz CT molecular complexity index is 512. The van der Waals surface area contributed by atoms with E-state index in [0.29, 0.717) is 13.2 Å². The number of hydrogen-bond acceptors (Lipinski definition) is 4. The molecule has 1 N–H and O–H groups in total. The fraction of sp³-hybridized carbons (Fsp3) is 0.267. The molecule has 0 bridgehead atoms. The fourth-order valence-corrected chi connectivity index (χ4v) is 1.66. The summed E-state index contributed by atoms with van der Waals surface area (Å²) in [7, 11) is 1.85. The highest BCUT2D eigenvalue weighted by Gasteiger charge is 1.99. The van der Waals surface area contributed by atoms with Gasteiger partial charge >= 0.3 is 0 Å². The molecular weight excluding hydrogens is 240 g/mol. The zero-order chi connectivity index (χ0) is 13.5. The molecule has 0 aliphatic rings. The Labute approximate surface area is 113 Å². The molecular formula is C15H18N2O2. The van der Waals surface area contributed by atoms with E-state index in [-0.39, 0.29) is 0 Å². The summed E-state index contributed by atoms with van der Waals surface area (Å²) in [5.41, 5.74) is 0.890. The molecule has 0 radical (unpaired) electrons. The molecule has 0 unspecified atom stereocenters. The number of ether oxygens (including phenoxy) is 2. The van der Waals surface area contributed by atoms with Crippen LogP contribution in [0.25, 0.3) is 0 Å². The van der Waals surface area contributed by atoms with Crippen LogP contribution in [0.1, 0.15) is 12.6 Å². The van der Waals surface area contributed by atoms with Gasteiger partial charge in [0.25, 0.3) is 0 Å². The van der Waals surface area contributed by atoms with Gasteiger partial charge in [0.05, 0.1) is 12.3 Å². The van der Waals surface area contributed by atoms with E-state index in [1.165, 1.54) is 0 Å². The summed E-state index contributed by atoms with van der Waals surface area (Å²) in [6, 6.07) is 13.4. The number of hydrogen-bond donors (Lipinski definition) is 1. The predicted octanol–water partition coefficient (Wildman–Crippen LogP) is 3.10. The van der Waals surface area contributed by atoms with E-state index < -0.39 is 0 Å². The normalized spacial score (nSPS) is 10.0. The number of anilines is 1. The fourth-order valence-electron chi connectivity index (χ4n) is 1.66. The summed E-state index contributed by atoms with van der Waals surface area (Å²) < 4.78 is 11.1. The Morgan fingerprint density at radius 2 is 1.68 bits per heavy atom. The second-order valence-electron chi connectivity index (χ2n) is 3.96. The van der Waals surface area contributed by atoms with Gasteiger partial charge in [-0.05, 0) is 43.3 Å². The van der Waals surface area contributed by atoms with Crippen molar-refractivity contribution in [3.63, 3.8) is 0 Å². The summed E-state index contributed by atoms with van der Waals surface area (Å²) in [5, 5.41) is 3.00. The Morgan fingerprint density at radius 1 is 1.00 bits per heavy atom. The summed E-state index contributed by atoms with van der Waals surface area (Å²) in [5.74, 6) is 2.50. The zero-order valence-electron chi connectivity index (χ0n) is 11.2. The van der Waals surface area contributed by atoms with Gasteiger partial charge in [0, 0.05) is 7.05 Å². The highest BCUT2D eigenvalue weighted by molar-refractivity contribution is 5.34. The van der Waals surface area contributed by atoms with Gasteiger partial charge in [0.15, 0.2) is 0 Å². The van der Waals surface area contributed by atoms with Crippen molar-refractivity contribution < 1.29 is 9.47 Å². The molecule has 4 nitrogen and oxygen atoms in total. The molecule has 100 valence electrons. The van der Waals surface area contributed by atoms with Crippen molar-refractivity contribution in [2.45, 2.75) is 13.5 Å². The molecule has 0 saturated carbocycles. The molecule has 19 heavy (non-hydrogen) atoms. The summed E-state index contributed by atoms with van der Waals surface area (Å²) in [4.78, 5) is 4.39. The van der Waals surface area contributed by atoms with E-state index in [9.17, 15) is 0 Å². The second kappa shape index (κ2) is 6.64. The Hall–Kier alpha value is -2.23. The Balaban J connectivity index is 1.94. The van der Waals surface area contributed by atoms with E-state index >= 15 is 0 Å². The van der Waals surface area contributed by atoms with Gasteiger partial charge in [0.2, 0.25) is 0 Å². The third kappa shape index (κ3) is 3.88. The SMILES string of the molecule is CCOc1ccc(OCc2cccc(NC)n2)cc1. The van der Waals surface area contributed by atoms with Crippen LogP contribution in [0.15, 0.2) is 42.5 Å². The molecule has 0 spiro atoms. The van der Waals surface area contributed by atoms with Gasteiger partial charge in [-0.3, -0.25) is 0 Å². The van der Waals surface area contributed by atoms with Gasteiger partial charge in [-0.15, -0.1) is 0 Å². The molecule has 2 rings (SSSR count). The van der Waals surface area contributed by atoms with E-state index in [4.69, 9.17) is 9.47 Å². The molecule has 0 aliphatic carbocycles. The maximum Gasteiger partial charge on any atom is 0.130 e. The van der Waals surface area contributed by atoms with Crippen LogP contribution in [0.2, 0.25) is 0 Å². The molecule has 0 atom stereocenters. The van der Waals surface area contributed by atoms with Crippen LogP contribution in [-0.2, 0) is 6.61 Å². The average molecular weight is 258 g/mol. The Morgan fingerprint density at radius 3 is 2.32 bits per heavy atom. The van der Waals surface area contributed by atoms with Gasteiger partial charge in [-0.2, -0.15) is 0 Å². The zero-order valence-corrected chi connectivity index (χ0v) is 11.2. The number of nitrogens with one attached hydrogen (secondary N) is 1. The minimum atomic E-state index is 0.448. The first kappa shape index (κ1) is 13.2. The number of rotatable bonds is 6. The first-order valence-electron chi connectivity index (χ1n) is 6.31. The van der Waals surface area contributed by atoms with Crippen LogP contribution in [0.4, 0.5) is 5.82 Å². The maximum atomic E-state index is 5.68. The van der Waals surface area contributed by atoms with Crippen LogP contribution < -0.4 is 14.8 Å². The minimum absolute atomic E-state index is 0.448. The summed E-state index contributed by atoms with van der Waals surface area (Å²) in [6.07, 6.45) is 0. The van der Waals surface area contributed by atoms with E-state index in [1.807, 2.05) is 56.4 Å². The molecule has 1 heterocycles. The van der Waals surface area contributed by atoms with Crippen molar-refractivity contribution in [3.8, 4) is 11.5 Å². The smallest absolute Gasteiger partial charge is 0.130 e. The highest BCUT2D eigenvalue weighted by Crippen LogP contribution is 2.18. The van der Waals surface area contributed by atoms with E-state index in [1.54, 1.807) is 0 Å². The highest BCUT2D eigenvalue weighted by atomic mass is 16.5. The summed E-state index contributed by atoms with van der Waals surface area (Å²) in [6.45, 7) is 3.08. The molecule has 0 saturated heterocycles. The van der Waals surface area contributed by atoms with Crippen LogP contribution in [0.5, 0.6) is 11.5 Å². The third-order valence-corrected chi connectivity index (χ3v) is 2.58. The van der Waals surface area contributed by atoms with Crippen molar-refractivity contribution in [1.29, 1.82) is 0 Å². The lowest BCUT2D eigenvalue weighted by Gasteiger charge is -2.08. The molecule has 0 fully saturated rings. The monoisotopic (exact) mass is 258 g/mol. The third-order valence-electron chi connectivity index (χ3n) is 2.58. The van der Waals surface area contributed by atoms with Gasteiger partial charge in [-0.25, -0.2) is 4.98 Å². The largest absolute Gasteiger partial charge is 0.494 e. The molecule has 1 aromatic carbocycles. The van der Waals surface area contributed by atoms with Crippen molar-refractivity contribution in [3.05, 3.63) is 48.2 Å². The minimum Gasteiger partial charge on any atom is -0.494 e. The first-order valence-corrected chi connectivity index (χ1v) is 6.31. The Kier molecular flexibility index (Phi) is 4.61. The predicted molar refractivity (Wildman–Crippen MR) is 75.7 cm³/mol. The van der Waals surface area contributed by atoms with Gasteiger partial charge in [0.1, 0.15) is 23.9 Å². The van der Waals surface area contributed by atoms with E-state index in [0.717, 1.165) is 23.0 Å². The number of benzene rings is 1. The second-order valence-corrected chi connectivity index (χ2v) is 3.96. The van der Waals surface area contributed by atoms with Crippen LogP contribution in [-0.4, -0.2) is 18.6 Å².